The lowest BCUT2D eigenvalue weighted by Gasteiger charge is -2.18. The van der Waals surface area contributed by atoms with E-state index in [1.807, 2.05) is 66.9 Å². The summed E-state index contributed by atoms with van der Waals surface area (Å²) in [6.45, 7) is 4.59. The van der Waals surface area contributed by atoms with Crippen LogP contribution in [0.2, 0.25) is 0 Å². The zero-order valence-electron chi connectivity index (χ0n) is 17.5. The number of fused-ring (bicyclic) bond motifs is 1. The molecule has 7 nitrogen and oxygen atoms in total. The number of rotatable bonds is 6. The Morgan fingerprint density at radius 2 is 1.93 bits per heavy atom. The SMILES string of the molecule is COc1ccc(N2CC(c3nc4ccccc4n3CC(=O)NC(C)C)CC2=O)cc1. The third-order valence-electron chi connectivity index (χ3n) is 5.31. The van der Waals surface area contributed by atoms with Crippen molar-refractivity contribution in [3.05, 3.63) is 54.4 Å². The number of ether oxygens (including phenoxy) is 1. The molecule has 3 aromatic rings. The quantitative estimate of drug-likeness (QED) is 0.683. The number of para-hydroxylation sites is 2. The molecule has 2 heterocycles. The summed E-state index contributed by atoms with van der Waals surface area (Å²) in [5.41, 5.74) is 2.57. The fraction of sp³-hybridized carbons (Fsp3) is 0.348. The molecular weight excluding hydrogens is 380 g/mol. The molecule has 1 aliphatic heterocycles. The number of imidazole rings is 1. The van der Waals surface area contributed by atoms with Gasteiger partial charge in [0.15, 0.2) is 0 Å². The van der Waals surface area contributed by atoms with Gasteiger partial charge in [0.1, 0.15) is 18.1 Å². The molecule has 30 heavy (non-hydrogen) atoms. The van der Waals surface area contributed by atoms with Crippen LogP contribution in [0.4, 0.5) is 5.69 Å². The smallest absolute Gasteiger partial charge is 0.240 e. The van der Waals surface area contributed by atoms with E-state index >= 15 is 0 Å². The van der Waals surface area contributed by atoms with Crippen molar-refractivity contribution in [2.75, 3.05) is 18.6 Å². The van der Waals surface area contributed by atoms with E-state index in [2.05, 4.69) is 5.32 Å². The second-order valence-corrected chi connectivity index (χ2v) is 7.87. The second-order valence-electron chi connectivity index (χ2n) is 7.87. The zero-order valence-corrected chi connectivity index (χ0v) is 17.5. The Morgan fingerprint density at radius 1 is 1.20 bits per heavy atom. The predicted octanol–water partition coefficient (Wildman–Crippen LogP) is 3.09. The highest BCUT2D eigenvalue weighted by Crippen LogP contribution is 2.33. The minimum absolute atomic E-state index is 0.0513. The molecule has 0 saturated carbocycles. The van der Waals surface area contributed by atoms with E-state index in [-0.39, 0.29) is 30.3 Å². The van der Waals surface area contributed by atoms with Gasteiger partial charge < -0.3 is 19.5 Å². The largest absolute Gasteiger partial charge is 0.497 e. The molecule has 1 fully saturated rings. The van der Waals surface area contributed by atoms with Gasteiger partial charge in [-0.2, -0.15) is 0 Å². The van der Waals surface area contributed by atoms with Crippen molar-refractivity contribution in [2.45, 2.75) is 38.8 Å². The van der Waals surface area contributed by atoms with Gasteiger partial charge in [0.2, 0.25) is 11.8 Å². The van der Waals surface area contributed by atoms with Gasteiger partial charge in [0.25, 0.3) is 0 Å². The summed E-state index contributed by atoms with van der Waals surface area (Å²) in [6, 6.07) is 15.3. The Morgan fingerprint density at radius 3 is 2.63 bits per heavy atom. The highest BCUT2D eigenvalue weighted by molar-refractivity contribution is 5.96. The highest BCUT2D eigenvalue weighted by Gasteiger charge is 2.35. The molecule has 4 rings (SSSR count). The number of hydrogen-bond acceptors (Lipinski definition) is 4. The minimum Gasteiger partial charge on any atom is -0.497 e. The van der Waals surface area contributed by atoms with Crippen molar-refractivity contribution in [1.29, 1.82) is 0 Å². The first kappa shape index (κ1) is 19.9. The lowest BCUT2D eigenvalue weighted by molar-refractivity contribution is -0.122. The first-order chi connectivity index (χ1) is 14.5. The van der Waals surface area contributed by atoms with E-state index < -0.39 is 0 Å². The molecule has 2 aromatic carbocycles. The predicted molar refractivity (Wildman–Crippen MR) is 116 cm³/mol. The summed E-state index contributed by atoms with van der Waals surface area (Å²) in [4.78, 5) is 31.9. The van der Waals surface area contributed by atoms with Gasteiger partial charge in [-0.3, -0.25) is 9.59 Å². The summed E-state index contributed by atoms with van der Waals surface area (Å²) in [7, 11) is 1.62. The number of nitrogens with zero attached hydrogens (tertiary/aromatic N) is 3. The van der Waals surface area contributed by atoms with Gasteiger partial charge in [-0.15, -0.1) is 0 Å². The van der Waals surface area contributed by atoms with Gasteiger partial charge >= 0.3 is 0 Å². The lowest BCUT2D eigenvalue weighted by atomic mass is 10.1. The van der Waals surface area contributed by atoms with Gasteiger partial charge in [0.05, 0.1) is 18.1 Å². The third-order valence-corrected chi connectivity index (χ3v) is 5.31. The van der Waals surface area contributed by atoms with Crippen LogP contribution in [0.5, 0.6) is 5.75 Å². The normalized spacial score (nSPS) is 16.5. The van der Waals surface area contributed by atoms with Crippen LogP contribution in [0.15, 0.2) is 48.5 Å². The summed E-state index contributed by atoms with van der Waals surface area (Å²) < 4.78 is 7.16. The standard InChI is InChI=1S/C23H26N4O3/c1-15(2)24-21(28)14-27-20-7-5-4-6-19(20)25-23(27)16-12-22(29)26(13-16)17-8-10-18(30-3)11-9-17/h4-11,15-16H,12-14H2,1-3H3,(H,24,28). The van der Waals surface area contributed by atoms with Gasteiger partial charge in [-0.1, -0.05) is 12.1 Å². The van der Waals surface area contributed by atoms with Crippen molar-refractivity contribution in [3.8, 4) is 5.75 Å². The van der Waals surface area contributed by atoms with E-state index in [0.29, 0.717) is 13.0 Å². The van der Waals surface area contributed by atoms with E-state index in [1.165, 1.54) is 0 Å². The Labute approximate surface area is 175 Å². The van der Waals surface area contributed by atoms with E-state index in [1.54, 1.807) is 12.0 Å². The topological polar surface area (TPSA) is 76.5 Å². The number of anilines is 1. The van der Waals surface area contributed by atoms with E-state index in [9.17, 15) is 9.59 Å². The monoisotopic (exact) mass is 406 g/mol. The molecule has 1 aliphatic rings. The number of methoxy groups -OCH3 is 1. The molecule has 0 aliphatic carbocycles. The average Bonchev–Trinajstić information content (AvgIpc) is 3.28. The van der Waals surface area contributed by atoms with Crippen LogP contribution in [0.3, 0.4) is 0 Å². The molecule has 1 atom stereocenters. The van der Waals surface area contributed by atoms with Crippen LogP contribution >= 0.6 is 0 Å². The molecule has 156 valence electrons. The zero-order chi connectivity index (χ0) is 21.3. The third kappa shape index (κ3) is 3.87. The summed E-state index contributed by atoms with van der Waals surface area (Å²) >= 11 is 0. The summed E-state index contributed by atoms with van der Waals surface area (Å²) in [5.74, 6) is 1.43. The van der Waals surface area contributed by atoms with Gasteiger partial charge in [-0.25, -0.2) is 4.98 Å². The summed E-state index contributed by atoms with van der Waals surface area (Å²) in [5, 5.41) is 2.94. The molecule has 7 heteroatoms. The van der Waals surface area contributed by atoms with E-state index in [4.69, 9.17) is 9.72 Å². The number of amides is 2. The van der Waals surface area contributed by atoms with Crippen molar-refractivity contribution < 1.29 is 14.3 Å². The minimum atomic E-state index is -0.0844. The van der Waals surface area contributed by atoms with Crippen molar-refractivity contribution in [1.82, 2.24) is 14.9 Å². The molecular formula is C23H26N4O3. The fourth-order valence-electron chi connectivity index (χ4n) is 3.98. The van der Waals surface area contributed by atoms with Crippen molar-refractivity contribution >= 4 is 28.5 Å². The Balaban J connectivity index is 1.64. The second kappa shape index (κ2) is 8.18. The number of hydrogen-bond donors (Lipinski definition) is 1. The maximum atomic E-state index is 12.8. The molecule has 1 saturated heterocycles. The molecule has 1 N–H and O–H groups in total. The Kier molecular flexibility index (Phi) is 5.44. The Bertz CT molecular complexity index is 1070. The van der Waals surface area contributed by atoms with E-state index in [0.717, 1.165) is 28.3 Å². The molecule has 1 unspecified atom stereocenters. The molecule has 1 aromatic heterocycles. The highest BCUT2D eigenvalue weighted by atomic mass is 16.5. The summed E-state index contributed by atoms with van der Waals surface area (Å²) in [6.07, 6.45) is 0.362. The number of benzene rings is 2. The molecule has 0 radical (unpaired) electrons. The maximum Gasteiger partial charge on any atom is 0.240 e. The maximum absolute atomic E-state index is 12.8. The first-order valence-electron chi connectivity index (χ1n) is 10.1. The molecule has 2 amide bonds. The average molecular weight is 406 g/mol. The number of aromatic nitrogens is 2. The van der Waals surface area contributed by atoms with Crippen LogP contribution in [-0.4, -0.2) is 41.1 Å². The van der Waals surface area contributed by atoms with Gasteiger partial charge in [0, 0.05) is 30.6 Å². The number of nitrogens with one attached hydrogen (secondary N) is 1. The van der Waals surface area contributed by atoms with Crippen LogP contribution in [0.1, 0.15) is 32.0 Å². The Hall–Kier alpha value is -3.35. The fourth-order valence-corrected chi connectivity index (χ4v) is 3.98. The molecule has 0 spiro atoms. The molecule has 0 bridgehead atoms. The van der Waals surface area contributed by atoms with Crippen LogP contribution in [0, 0.1) is 0 Å². The first-order valence-corrected chi connectivity index (χ1v) is 10.1. The van der Waals surface area contributed by atoms with Crippen LogP contribution < -0.4 is 15.0 Å². The lowest BCUT2D eigenvalue weighted by Crippen LogP contribution is -2.33. The number of carbonyl (C=O) groups excluding carboxylic acids is 2. The van der Waals surface area contributed by atoms with Crippen molar-refractivity contribution in [2.24, 2.45) is 0 Å². The van der Waals surface area contributed by atoms with Gasteiger partial charge in [-0.05, 0) is 50.2 Å². The van der Waals surface area contributed by atoms with Crippen LogP contribution in [0.25, 0.3) is 11.0 Å². The number of carbonyl (C=O) groups is 2. The van der Waals surface area contributed by atoms with Crippen molar-refractivity contribution in [3.63, 3.8) is 0 Å². The van der Waals surface area contributed by atoms with Crippen LogP contribution in [-0.2, 0) is 16.1 Å².